The highest BCUT2D eigenvalue weighted by Gasteiger charge is 2.13. The van der Waals surface area contributed by atoms with Crippen LogP contribution in [-0.2, 0) is 6.42 Å². The van der Waals surface area contributed by atoms with Gasteiger partial charge in [0.1, 0.15) is 11.6 Å². The molecule has 0 bridgehead atoms. The number of halogens is 1. The third-order valence-electron chi connectivity index (χ3n) is 3.67. The van der Waals surface area contributed by atoms with Crippen molar-refractivity contribution in [3.05, 3.63) is 38.6 Å². The predicted octanol–water partition coefficient (Wildman–Crippen LogP) is 3.78. The van der Waals surface area contributed by atoms with Gasteiger partial charge in [-0.25, -0.2) is 4.98 Å². The van der Waals surface area contributed by atoms with Gasteiger partial charge in [0, 0.05) is 27.8 Å². The highest BCUT2D eigenvalue weighted by molar-refractivity contribution is 14.1. The highest BCUT2D eigenvalue weighted by Crippen LogP contribution is 2.27. The van der Waals surface area contributed by atoms with E-state index in [0.717, 1.165) is 45.5 Å². The fourth-order valence-corrected chi connectivity index (χ4v) is 2.92. The summed E-state index contributed by atoms with van der Waals surface area (Å²) in [4.78, 5) is 8.93. The number of nitrogen functional groups attached to an aromatic ring is 1. The summed E-state index contributed by atoms with van der Waals surface area (Å²) in [6.07, 6.45) is 2.88. The zero-order valence-electron chi connectivity index (χ0n) is 13.8. The van der Waals surface area contributed by atoms with Crippen LogP contribution in [0.5, 0.6) is 5.75 Å². The van der Waals surface area contributed by atoms with Gasteiger partial charge < -0.3 is 15.8 Å². The molecule has 0 saturated carbocycles. The third kappa shape index (κ3) is 4.70. The van der Waals surface area contributed by atoms with E-state index in [1.165, 1.54) is 0 Å². The van der Waals surface area contributed by atoms with Crippen LogP contribution in [0.4, 0.5) is 11.8 Å². The molecule has 0 aliphatic rings. The number of nitrogens with two attached hydrogens (primary N) is 1. The quantitative estimate of drug-likeness (QED) is 0.521. The molecule has 0 spiro atoms. The molecule has 1 heterocycles. The van der Waals surface area contributed by atoms with Crippen LogP contribution in [0, 0.1) is 10.5 Å². The molecule has 2 aromatic rings. The van der Waals surface area contributed by atoms with Gasteiger partial charge in [0.2, 0.25) is 5.95 Å². The molecule has 0 saturated heterocycles. The zero-order chi connectivity index (χ0) is 16.8. The maximum absolute atomic E-state index is 6.17. The molecule has 0 amide bonds. The smallest absolute Gasteiger partial charge is 0.224 e. The SMILES string of the molecule is CCCCNc1nc(C)c(Cc2cc(I)ccc2OC)c(N)n1. The fourth-order valence-electron chi connectivity index (χ4n) is 2.37. The number of hydrogen-bond donors (Lipinski definition) is 2. The summed E-state index contributed by atoms with van der Waals surface area (Å²) in [5.74, 6) is 1.98. The largest absolute Gasteiger partial charge is 0.496 e. The monoisotopic (exact) mass is 426 g/mol. The predicted molar refractivity (Wildman–Crippen MR) is 103 cm³/mol. The Morgan fingerprint density at radius 2 is 2.09 bits per heavy atom. The summed E-state index contributed by atoms with van der Waals surface area (Å²) >= 11 is 2.29. The number of unbranched alkanes of at least 4 members (excludes halogenated alkanes) is 1. The molecule has 0 aliphatic carbocycles. The van der Waals surface area contributed by atoms with Crippen LogP contribution < -0.4 is 15.8 Å². The molecule has 1 aromatic carbocycles. The Morgan fingerprint density at radius 3 is 2.74 bits per heavy atom. The lowest BCUT2D eigenvalue weighted by molar-refractivity contribution is 0.410. The molecule has 6 heteroatoms. The first-order chi connectivity index (χ1) is 11.0. The van der Waals surface area contributed by atoms with E-state index in [0.29, 0.717) is 18.2 Å². The summed E-state index contributed by atoms with van der Waals surface area (Å²) in [7, 11) is 1.68. The van der Waals surface area contributed by atoms with Crippen LogP contribution in [0.1, 0.15) is 36.6 Å². The second-order valence-electron chi connectivity index (χ2n) is 5.41. The van der Waals surface area contributed by atoms with E-state index in [4.69, 9.17) is 10.5 Å². The first-order valence-corrected chi connectivity index (χ1v) is 8.82. The maximum Gasteiger partial charge on any atom is 0.224 e. The van der Waals surface area contributed by atoms with E-state index in [1.54, 1.807) is 7.11 Å². The lowest BCUT2D eigenvalue weighted by Gasteiger charge is -2.14. The van der Waals surface area contributed by atoms with Gasteiger partial charge in [-0.05, 0) is 59.7 Å². The second-order valence-corrected chi connectivity index (χ2v) is 6.66. The third-order valence-corrected chi connectivity index (χ3v) is 4.34. The Morgan fingerprint density at radius 1 is 1.30 bits per heavy atom. The molecular weight excluding hydrogens is 403 g/mol. The van der Waals surface area contributed by atoms with Gasteiger partial charge in [-0.1, -0.05) is 13.3 Å². The van der Waals surface area contributed by atoms with Crippen molar-refractivity contribution >= 4 is 34.4 Å². The molecule has 0 aliphatic heterocycles. The van der Waals surface area contributed by atoms with Crippen molar-refractivity contribution in [2.24, 2.45) is 0 Å². The van der Waals surface area contributed by atoms with Crippen LogP contribution >= 0.6 is 22.6 Å². The van der Waals surface area contributed by atoms with Crippen molar-refractivity contribution in [3.8, 4) is 5.75 Å². The topological polar surface area (TPSA) is 73.1 Å². The Kier molecular flexibility index (Phi) is 6.44. The molecule has 0 fully saturated rings. The fraction of sp³-hybridized carbons (Fsp3) is 0.412. The molecule has 0 unspecified atom stereocenters. The van der Waals surface area contributed by atoms with Gasteiger partial charge in [0.15, 0.2) is 0 Å². The van der Waals surface area contributed by atoms with Gasteiger partial charge in [0.05, 0.1) is 7.11 Å². The molecule has 23 heavy (non-hydrogen) atoms. The Hall–Kier alpha value is -1.57. The Labute approximate surface area is 151 Å². The number of hydrogen-bond acceptors (Lipinski definition) is 5. The molecule has 2 rings (SSSR count). The van der Waals surface area contributed by atoms with Crippen LogP contribution in [0.15, 0.2) is 18.2 Å². The number of rotatable bonds is 7. The minimum Gasteiger partial charge on any atom is -0.496 e. The lowest BCUT2D eigenvalue weighted by atomic mass is 10.0. The number of aromatic nitrogens is 2. The summed E-state index contributed by atoms with van der Waals surface area (Å²) < 4.78 is 6.60. The van der Waals surface area contributed by atoms with E-state index < -0.39 is 0 Å². The van der Waals surface area contributed by atoms with Gasteiger partial charge in [-0.2, -0.15) is 4.98 Å². The van der Waals surface area contributed by atoms with Crippen molar-refractivity contribution < 1.29 is 4.74 Å². The number of ether oxygens (including phenoxy) is 1. The van der Waals surface area contributed by atoms with Crippen LogP contribution in [-0.4, -0.2) is 23.6 Å². The molecule has 0 radical (unpaired) electrons. The van der Waals surface area contributed by atoms with Gasteiger partial charge in [-0.15, -0.1) is 0 Å². The zero-order valence-corrected chi connectivity index (χ0v) is 16.0. The number of anilines is 2. The van der Waals surface area contributed by atoms with Crippen LogP contribution in [0.2, 0.25) is 0 Å². The van der Waals surface area contributed by atoms with Gasteiger partial charge >= 0.3 is 0 Å². The first-order valence-electron chi connectivity index (χ1n) is 7.74. The maximum atomic E-state index is 6.17. The molecule has 5 nitrogen and oxygen atoms in total. The molecule has 124 valence electrons. The van der Waals surface area contributed by atoms with Crippen molar-refractivity contribution in [1.29, 1.82) is 0 Å². The number of aryl methyl sites for hydroxylation is 1. The van der Waals surface area contributed by atoms with Crippen molar-refractivity contribution in [2.45, 2.75) is 33.1 Å². The molecule has 3 N–H and O–H groups in total. The Bertz CT molecular complexity index is 653. The summed E-state index contributed by atoms with van der Waals surface area (Å²) in [6.45, 7) is 4.98. The van der Waals surface area contributed by atoms with E-state index in [9.17, 15) is 0 Å². The minimum absolute atomic E-state index is 0.525. The average Bonchev–Trinajstić information content (AvgIpc) is 2.51. The molecule has 1 aromatic heterocycles. The summed E-state index contributed by atoms with van der Waals surface area (Å²) in [6, 6.07) is 6.10. The molecule has 0 atom stereocenters. The van der Waals surface area contributed by atoms with Crippen molar-refractivity contribution in [1.82, 2.24) is 9.97 Å². The second kappa shape index (κ2) is 8.33. The van der Waals surface area contributed by atoms with Crippen molar-refractivity contribution in [3.63, 3.8) is 0 Å². The number of nitrogens with zero attached hydrogens (tertiary/aromatic N) is 2. The minimum atomic E-state index is 0.525. The van der Waals surface area contributed by atoms with E-state index >= 15 is 0 Å². The van der Waals surface area contributed by atoms with Gasteiger partial charge in [0.25, 0.3) is 0 Å². The Balaban J connectivity index is 2.25. The highest BCUT2D eigenvalue weighted by atomic mass is 127. The first kappa shape index (κ1) is 17.8. The van der Waals surface area contributed by atoms with E-state index in [1.807, 2.05) is 19.1 Å². The molecular formula is C17H23IN4O. The van der Waals surface area contributed by atoms with Crippen LogP contribution in [0.25, 0.3) is 0 Å². The van der Waals surface area contributed by atoms with E-state index in [2.05, 4.69) is 50.9 Å². The number of methoxy groups -OCH3 is 1. The van der Waals surface area contributed by atoms with E-state index in [-0.39, 0.29) is 0 Å². The summed E-state index contributed by atoms with van der Waals surface area (Å²) in [5.41, 5.74) is 9.11. The number of nitrogens with one attached hydrogen (secondary N) is 1. The average molecular weight is 426 g/mol. The van der Waals surface area contributed by atoms with Crippen molar-refractivity contribution in [2.75, 3.05) is 24.7 Å². The normalized spacial score (nSPS) is 10.6. The lowest BCUT2D eigenvalue weighted by Crippen LogP contribution is -2.11. The van der Waals surface area contributed by atoms with Gasteiger partial charge in [-0.3, -0.25) is 0 Å². The standard InChI is InChI=1S/C17H23IN4O/c1-4-5-8-20-17-21-11(2)14(16(19)22-17)10-12-9-13(18)6-7-15(12)23-3/h6-7,9H,4-5,8,10H2,1-3H3,(H3,19,20,21,22). The summed E-state index contributed by atoms with van der Waals surface area (Å²) in [5, 5.41) is 3.22. The van der Waals surface area contributed by atoms with Crippen LogP contribution in [0.3, 0.4) is 0 Å². The number of benzene rings is 1.